The Morgan fingerprint density at radius 2 is 1.63 bits per heavy atom. The van der Waals surface area contributed by atoms with Crippen LogP contribution >= 0.6 is 0 Å². The number of sulfonamides is 1. The van der Waals surface area contributed by atoms with E-state index in [1.165, 1.54) is 23.5 Å². The maximum Gasteiger partial charge on any atom is 0.339 e. The molecule has 5 rings (SSSR count). The van der Waals surface area contributed by atoms with Crippen LogP contribution in [0.1, 0.15) is 60.8 Å². The SMILES string of the molecule is COC(=O)c1ccccc1S(=O)(=O)N1CCC(Cc2cccc(NC(=O)Nc3cc(C(C)(C)C)nn3-c3ccc(C)cc3)c2)CC1. The number of urea groups is 1. The number of nitrogens with one attached hydrogen (secondary N) is 2. The zero-order valence-electron chi connectivity index (χ0n) is 26.9. The molecule has 11 heteroatoms. The van der Waals surface area contributed by atoms with E-state index in [4.69, 9.17) is 9.84 Å². The highest BCUT2D eigenvalue weighted by Crippen LogP contribution is 2.29. The average Bonchev–Trinajstić information content (AvgIpc) is 3.45. The summed E-state index contributed by atoms with van der Waals surface area (Å²) >= 11 is 0. The van der Waals surface area contributed by atoms with E-state index in [9.17, 15) is 18.0 Å². The van der Waals surface area contributed by atoms with Gasteiger partial charge in [0.1, 0.15) is 5.82 Å². The smallest absolute Gasteiger partial charge is 0.339 e. The zero-order valence-corrected chi connectivity index (χ0v) is 27.7. The van der Waals surface area contributed by atoms with Gasteiger partial charge in [-0.15, -0.1) is 0 Å². The Bertz CT molecular complexity index is 1820. The molecule has 10 nitrogen and oxygen atoms in total. The first kappa shape index (κ1) is 32.9. The number of ether oxygens (including phenoxy) is 1. The normalized spacial score (nSPS) is 14.5. The van der Waals surface area contributed by atoms with E-state index in [0.29, 0.717) is 37.4 Å². The van der Waals surface area contributed by atoms with Crippen LogP contribution < -0.4 is 10.6 Å². The monoisotopic (exact) mass is 643 g/mol. The molecule has 1 aromatic heterocycles. The lowest BCUT2D eigenvalue weighted by molar-refractivity contribution is 0.0596. The molecular weight excluding hydrogens is 602 g/mol. The van der Waals surface area contributed by atoms with E-state index < -0.39 is 16.0 Å². The van der Waals surface area contributed by atoms with Crippen molar-refractivity contribution in [1.29, 1.82) is 0 Å². The van der Waals surface area contributed by atoms with Crippen molar-refractivity contribution in [3.8, 4) is 5.69 Å². The summed E-state index contributed by atoms with van der Waals surface area (Å²) in [7, 11) is -2.61. The van der Waals surface area contributed by atoms with Crippen molar-refractivity contribution in [3.05, 3.63) is 101 Å². The van der Waals surface area contributed by atoms with Gasteiger partial charge in [0.15, 0.2) is 0 Å². The fraction of sp³-hybridized carbons (Fsp3) is 0.343. The summed E-state index contributed by atoms with van der Waals surface area (Å²) in [5.74, 6) is 0.159. The Morgan fingerprint density at radius 1 is 0.935 bits per heavy atom. The van der Waals surface area contributed by atoms with Crippen molar-refractivity contribution < 1.29 is 22.7 Å². The first-order valence-electron chi connectivity index (χ1n) is 15.4. The van der Waals surface area contributed by atoms with E-state index in [2.05, 4.69) is 31.4 Å². The number of carbonyl (C=O) groups is 2. The third-order valence-electron chi connectivity index (χ3n) is 8.19. The van der Waals surface area contributed by atoms with Gasteiger partial charge in [0, 0.05) is 30.3 Å². The molecule has 2 amide bonds. The minimum atomic E-state index is -3.85. The van der Waals surface area contributed by atoms with Crippen molar-refractivity contribution in [1.82, 2.24) is 14.1 Å². The first-order chi connectivity index (χ1) is 21.8. The van der Waals surface area contributed by atoms with Gasteiger partial charge in [-0.05, 0) is 74.1 Å². The molecule has 1 saturated heterocycles. The maximum atomic E-state index is 13.4. The molecule has 242 valence electrons. The Labute approximate surface area is 270 Å². The second kappa shape index (κ2) is 13.5. The van der Waals surface area contributed by atoms with Crippen molar-refractivity contribution in [3.63, 3.8) is 0 Å². The van der Waals surface area contributed by atoms with Crippen LogP contribution in [-0.2, 0) is 26.6 Å². The number of hydrogen-bond donors (Lipinski definition) is 2. The summed E-state index contributed by atoms with van der Waals surface area (Å²) in [5.41, 5.74) is 4.39. The van der Waals surface area contributed by atoms with Crippen LogP contribution in [0.5, 0.6) is 0 Å². The number of carbonyl (C=O) groups excluding carboxylic acids is 2. The molecule has 0 radical (unpaired) electrons. The highest BCUT2D eigenvalue weighted by Gasteiger charge is 2.32. The van der Waals surface area contributed by atoms with Crippen molar-refractivity contribution in [2.24, 2.45) is 5.92 Å². The molecule has 0 aliphatic carbocycles. The van der Waals surface area contributed by atoms with Crippen molar-refractivity contribution >= 4 is 33.5 Å². The highest BCUT2D eigenvalue weighted by molar-refractivity contribution is 7.89. The van der Waals surface area contributed by atoms with E-state index in [1.807, 2.05) is 61.5 Å². The van der Waals surface area contributed by atoms with E-state index in [1.54, 1.807) is 16.8 Å². The molecule has 1 aliphatic rings. The van der Waals surface area contributed by atoms with Gasteiger partial charge < -0.3 is 10.1 Å². The van der Waals surface area contributed by atoms with Gasteiger partial charge >= 0.3 is 12.0 Å². The van der Waals surface area contributed by atoms with Gasteiger partial charge in [-0.25, -0.2) is 22.7 Å². The summed E-state index contributed by atoms with van der Waals surface area (Å²) in [6.45, 7) is 8.98. The molecule has 1 aliphatic heterocycles. The Balaban J connectivity index is 1.22. The van der Waals surface area contributed by atoms with Crippen LogP contribution in [0.15, 0.2) is 83.8 Å². The van der Waals surface area contributed by atoms with Gasteiger partial charge in [0.25, 0.3) is 0 Å². The molecule has 0 bridgehead atoms. The van der Waals surface area contributed by atoms with Gasteiger partial charge in [-0.2, -0.15) is 9.40 Å². The fourth-order valence-corrected chi connectivity index (χ4v) is 7.22. The molecule has 0 unspecified atom stereocenters. The largest absolute Gasteiger partial charge is 0.465 e. The predicted molar refractivity (Wildman–Crippen MR) is 179 cm³/mol. The van der Waals surface area contributed by atoms with E-state index in [-0.39, 0.29) is 27.8 Å². The number of amides is 2. The molecule has 2 N–H and O–H groups in total. The summed E-state index contributed by atoms with van der Waals surface area (Å²) in [5, 5.41) is 10.7. The number of methoxy groups -OCH3 is 1. The number of anilines is 2. The number of piperidine rings is 1. The third kappa shape index (κ3) is 7.48. The minimum Gasteiger partial charge on any atom is -0.465 e. The van der Waals surface area contributed by atoms with E-state index in [0.717, 1.165) is 28.9 Å². The first-order valence-corrected chi connectivity index (χ1v) is 16.8. The maximum absolute atomic E-state index is 13.4. The number of benzene rings is 3. The summed E-state index contributed by atoms with van der Waals surface area (Å²) in [6, 6.07) is 23.3. The Kier molecular flexibility index (Phi) is 9.64. The van der Waals surface area contributed by atoms with Crippen LogP contribution in [-0.4, -0.2) is 54.7 Å². The molecule has 0 spiro atoms. The molecule has 4 aromatic rings. The van der Waals surface area contributed by atoms with Crippen molar-refractivity contribution in [2.45, 2.75) is 57.3 Å². The number of esters is 1. The number of rotatable bonds is 8. The lowest BCUT2D eigenvalue weighted by atomic mass is 9.91. The number of nitrogens with zero attached hydrogens (tertiary/aromatic N) is 3. The molecule has 1 fully saturated rings. The Hall–Kier alpha value is -4.48. The number of hydrogen-bond acceptors (Lipinski definition) is 6. The van der Waals surface area contributed by atoms with Gasteiger partial charge in [-0.1, -0.05) is 62.7 Å². The number of aryl methyl sites for hydroxylation is 1. The third-order valence-corrected chi connectivity index (χ3v) is 10.1. The van der Waals surface area contributed by atoms with Crippen LogP contribution in [0.4, 0.5) is 16.3 Å². The summed E-state index contributed by atoms with van der Waals surface area (Å²) in [4.78, 5) is 25.3. The van der Waals surface area contributed by atoms with Gasteiger partial charge in [0.05, 0.1) is 29.0 Å². The zero-order chi connectivity index (χ0) is 33.1. The molecule has 0 atom stereocenters. The van der Waals surface area contributed by atoms with Crippen LogP contribution in [0.25, 0.3) is 5.69 Å². The topological polar surface area (TPSA) is 123 Å². The Morgan fingerprint density at radius 3 is 2.30 bits per heavy atom. The fourth-order valence-electron chi connectivity index (χ4n) is 5.57. The summed E-state index contributed by atoms with van der Waals surface area (Å²) in [6.07, 6.45) is 2.10. The minimum absolute atomic E-state index is 0.0334. The standard InChI is InChI=1S/C35H41N5O5S/c1-24-13-15-28(16-14-24)40-32(23-31(38-40)35(2,3)4)37-34(42)36-27-10-8-9-26(22-27)21-25-17-19-39(20-18-25)46(43,44)30-12-7-6-11-29(30)33(41)45-5/h6-16,22-23,25H,17-21H2,1-5H3,(H2,36,37,42). The molecular formula is C35H41N5O5S. The van der Waals surface area contributed by atoms with Crippen LogP contribution in [0.3, 0.4) is 0 Å². The van der Waals surface area contributed by atoms with Crippen LogP contribution in [0, 0.1) is 12.8 Å². The number of aromatic nitrogens is 2. The molecule has 2 heterocycles. The lowest BCUT2D eigenvalue weighted by Crippen LogP contribution is -2.39. The van der Waals surface area contributed by atoms with Crippen molar-refractivity contribution in [2.75, 3.05) is 30.8 Å². The second-order valence-electron chi connectivity index (χ2n) is 12.7. The van der Waals surface area contributed by atoms with Gasteiger partial charge in [0.2, 0.25) is 10.0 Å². The highest BCUT2D eigenvalue weighted by atomic mass is 32.2. The molecule has 3 aromatic carbocycles. The van der Waals surface area contributed by atoms with Crippen LogP contribution in [0.2, 0.25) is 0 Å². The quantitative estimate of drug-likeness (QED) is 0.210. The second-order valence-corrected chi connectivity index (χ2v) is 14.6. The molecule has 46 heavy (non-hydrogen) atoms. The summed E-state index contributed by atoms with van der Waals surface area (Å²) < 4.78 is 34.8. The van der Waals surface area contributed by atoms with E-state index >= 15 is 0 Å². The average molecular weight is 644 g/mol. The van der Waals surface area contributed by atoms with Gasteiger partial charge in [-0.3, -0.25) is 5.32 Å². The lowest BCUT2D eigenvalue weighted by Gasteiger charge is -2.31. The predicted octanol–water partition coefficient (Wildman–Crippen LogP) is 6.55. The molecule has 0 saturated carbocycles.